The van der Waals surface area contributed by atoms with Crippen molar-refractivity contribution in [2.24, 2.45) is 0 Å². The summed E-state index contributed by atoms with van der Waals surface area (Å²) in [6.07, 6.45) is 5.07. The van der Waals surface area contributed by atoms with Crippen LogP contribution < -0.4 is 10.6 Å². The van der Waals surface area contributed by atoms with Crippen LogP contribution in [0.5, 0.6) is 0 Å². The molecular formula is C13H23N3O2. The number of likely N-dealkylation sites (tertiary alicyclic amines) is 1. The van der Waals surface area contributed by atoms with Crippen LogP contribution >= 0.6 is 0 Å². The predicted octanol–water partition coefficient (Wildman–Crippen LogP) is 0.256. The summed E-state index contributed by atoms with van der Waals surface area (Å²) in [7, 11) is 0. The Morgan fingerprint density at radius 3 is 2.56 bits per heavy atom. The second-order valence-corrected chi connectivity index (χ2v) is 5.30. The monoisotopic (exact) mass is 253 g/mol. The van der Waals surface area contributed by atoms with Crippen molar-refractivity contribution >= 4 is 11.8 Å². The summed E-state index contributed by atoms with van der Waals surface area (Å²) in [5.74, 6) is 0.0131. The molecule has 2 amide bonds. The molecule has 1 heterocycles. The summed E-state index contributed by atoms with van der Waals surface area (Å²) in [5, 5.41) is 6.07. The molecule has 1 aliphatic carbocycles. The molecule has 1 unspecified atom stereocenters. The summed E-state index contributed by atoms with van der Waals surface area (Å²) in [6, 6.07) is 0.234. The summed E-state index contributed by atoms with van der Waals surface area (Å²) >= 11 is 0. The molecule has 0 radical (unpaired) electrons. The molecule has 0 bridgehead atoms. The molecule has 1 saturated heterocycles. The zero-order valence-electron chi connectivity index (χ0n) is 11.1. The average Bonchev–Trinajstić information content (AvgIpc) is 3.00. The third-order valence-corrected chi connectivity index (χ3v) is 3.53. The van der Waals surface area contributed by atoms with Gasteiger partial charge in [0.25, 0.3) is 0 Å². The SMILES string of the molecule is CC(NC(=O)CCNC1CC1)C(=O)N1CCCC1. The zero-order chi connectivity index (χ0) is 13.0. The van der Waals surface area contributed by atoms with Gasteiger partial charge >= 0.3 is 0 Å². The molecular weight excluding hydrogens is 230 g/mol. The highest BCUT2D eigenvalue weighted by atomic mass is 16.2. The van der Waals surface area contributed by atoms with Crippen molar-refractivity contribution in [1.82, 2.24) is 15.5 Å². The van der Waals surface area contributed by atoms with Crippen molar-refractivity contribution in [2.75, 3.05) is 19.6 Å². The molecule has 1 atom stereocenters. The Hall–Kier alpha value is -1.10. The van der Waals surface area contributed by atoms with Crippen LogP contribution in [-0.4, -0.2) is 48.4 Å². The highest BCUT2D eigenvalue weighted by Crippen LogP contribution is 2.18. The van der Waals surface area contributed by atoms with E-state index in [9.17, 15) is 9.59 Å². The first-order valence-corrected chi connectivity index (χ1v) is 6.98. The Balaban J connectivity index is 1.63. The molecule has 18 heavy (non-hydrogen) atoms. The molecule has 0 spiro atoms. The van der Waals surface area contributed by atoms with Crippen molar-refractivity contribution in [2.45, 2.75) is 51.1 Å². The van der Waals surface area contributed by atoms with Crippen LogP contribution in [0.4, 0.5) is 0 Å². The van der Waals surface area contributed by atoms with Crippen molar-refractivity contribution < 1.29 is 9.59 Å². The first-order valence-electron chi connectivity index (χ1n) is 6.98. The summed E-state index contributed by atoms with van der Waals surface area (Å²) in [6.45, 7) is 4.15. The number of hydrogen-bond donors (Lipinski definition) is 2. The molecule has 0 aromatic carbocycles. The molecule has 5 nitrogen and oxygen atoms in total. The number of nitrogens with one attached hydrogen (secondary N) is 2. The molecule has 2 fully saturated rings. The summed E-state index contributed by atoms with van der Waals surface area (Å²) in [4.78, 5) is 25.5. The lowest BCUT2D eigenvalue weighted by molar-refractivity contribution is -0.135. The van der Waals surface area contributed by atoms with E-state index in [4.69, 9.17) is 0 Å². The fourth-order valence-electron chi connectivity index (χ4n) is 2.26. The number of nitrogens with zero attached hydrogens (tertiary/aromatic N) is 1. The smallest absolute Gasteiger partial charge is 0.244 e. The maximum Gasteiger partial charge on any atom is 0.244 e. The van der Waals surface area contributed by atoms with Crippen LogP contribution in [0.3, 0.4) is 0 Å². The lowest BCUT2D eigenvalue weighted by Crippen LogP contribution is -2.46. The minimum atomic E-state index is -0.392. The van der Waals surface area contributed by atoms with E-state index in [-0.39, 0.29) is 11.8 Å². The Bertz CT molecular complexity index is 309. The van der Waals surface area contributed by atoms with E-state index in [1.807, 2.05) is 4.90 Å². The highest BCUT2D eigenvalue weighted by Gasteiger charge is 2.24. The zero-order valence-corrected chi connectivity index (χ0v) is 11.1. The molecule has 2 aliphatic rings. The largest absolute Gasteiger partial charge is 0.345 e. The van der Waals surface area contributed by atoms with Gasteiger partial charge < -0.3 is 15.5 Å². The third-order valence-electron chi connectivity index (χ3n) is 3.53. The Morgan fingerprint density at radius 1 is 1.28 bits per heavy atom. The molecule has 1 aliphatic heterocycles. The van der Waals surface area contributed by atoms with Gasteiger partial charge in [-0.25, -0.2) is 0 Å². The van der Waals surface area contributed by atoms with Gasteiger partial charge in [-0.3, -0.25) is 9.59 Å². The molecule has 5 heteroatoms. The number of hydrogen-bond acceptors (Lipinski definition) is 3. The minimum absolute atomic E-state index is 0.0387. The van der Waals surface area contributed by atoms with Crippen molar-refractivity contribution in [3.8, 4) is 0 Å². The van der Waals surface area contributed by atoms with Crippen LogP contribution in [-0.2, 0) is 9.59 Å². The lowest BCUT2D eigenvalue weighted by Gasteiger charge is -2.21. The van der Waals surface area contributed by atoms with Gasteiger partial charge in [-0.2, -0.15) is 0 Å². The standard InChI is InChI=1S/C13H23N3O2/c1-10(13(18)16-8-2-3-9-16)15-12(17)6-7-14-11-4-5-11/h10-11,14H,2-9H2,1H3,(H,15,17). The Morgan fingerprint density at radius 2 is 1.94 bits per heavy atom. The third kappa shape index (κ3) is 3.98. The molecule has 0 aromatic rings. The normalized spacial score (nSPS) is 20.8. The van der Waals surface area contributed by atoms with Gasteiger partial charge in [-0.1, -0.05) is 0 Å². The quantitative estimate of drug-likeness (QED) is 0.713. The Labute approximate surface area is 108 Å². The predicted molar refractivity (Wildman–Crippen MR) is 69.1 cm³/mol. The fourth-order valence-corrected chi connectivity index (χ4v) is 2.26. The number of amides is 2. The molecule has 102 valence electrons. The van der Waals surface area contributed by atoms with Crippen LogP contribution in [0, 0.1) is 0 Å². The summed E-state index contributed by atoms with van der Waals surface area (Å²) in [5.41, 5.74) is 0. The number of carbonyl (C=O) groups is 2. The van der Waals surface area contributed by atoms with Gasteiger partial charge in [-0.15, -0.1) is 0 Å². The van der Waals surface area contributed by atoms with Gasteiger partial charge in [-0.05, 0) is 32.6 Å². The average molecular weight is 253 g/mol. The van der Waals surface area contributed by atoms with E-state index >= 15 is 0 Å². The van der Waals surface area contributed by atoms with E-state index in [0.29, 0.717) is 19.0 Å². The van der Waals surface area contributed by atoms with Crippen molar-refractivity contribution in [3.05, 3.63) is 0 Å². The van der Waals surface area contributed by atoms with E-state index < -0.39 is 6.04 Å². The van der Waals surface area contributed by atoms with Gasteiger partial charge in [0, 0.05) is 32.1 Å². The van der Waals surface area contributed by atoms with Crippen LogP contribution in [0.15, 0.2) is 0 Å². The van der Waals surface area contributed by atoms with Crippen molar-refractivity contribution in [1.29, 1.82) is 0 Å². The number of rotatable bonds is 6. The maximum atomic E-state index is 12.0. The van der Waals surface area contributed by atoms with E-state index in [1.54, 1.807) is 6.92 Å². The molecule has 2 rings (SSSR count). The first-order chi connectivity index (χ1) is 8.66. The second kappa shape index (κ2) is 6.18. The summed E-state index contributed by atoms with van der Waals surface area (Å²) < 4.78 is 0. The van der Waals surface area contributed by atoms with Gasteiger partial charge in [0.1, 0.15) is 6.04 Å². The fraction of sp³-hybridized carbons (Fsp3) is 0.846. The Kier molecular flexibility index (Phi) is 4.58. The van der Waals surface area contributed by atoms with Gasteiger partial charge in [0.15, 0.2) is 0 Å². The van der Waals surface area contributed by atoms with Crippen molar-refractivity contribution in [3.63, 3.8) is 0 Å². The topological polar surface area (TPSA) is 61.4 Å². The van der Waals surface area contributed by atoms with E-state index in [2.05, 4.69) is 10.6 Å². The minimum Gasteiger partial charge on any atom is -0.345 e. The van der Waals surface area contributed by atoms with E-state index in [1.165, 1.54) is 12.8 Å². The van der Waals surface area contributed by atoms with Crippen LogP contribution in [0.1, 0.15) is 39.0 Å². The van der Waals surface area contributed by atoms with E-state index in [0.717, 1.165) is 25.9 Å². The van der Waals surface area contributed by atoms with Gasteiger partial charge in [0.2, 0.25) is 11.8 Å². The highest BCUT2D eigenvalue weighted by molar-refractivity contribution is 5.87. The number of carbonyl (C=O) groups excluding carboxylic acids is 2. The molecule has 1 saturated carbocycles. The molecule has 0 aromatic heterocycles. The van der Waals surface area contributed by atoms with Crippen LogP contribution in [0.2, 0.25) is 0 Å². The maximum absolute atomic E-state index is 12.0. The van der Waals surface area contributed by atoms with Gasteiger partial charge in [0.05, 0.1) is 0 Å². The lowest BCUT2D eigenvalue weighted by atomic mass is 10.2. The first kappa shape index (κ1) is 13.3. The molecule has 2 N–H and O–H groups in total. The second-order valence-electron chi connectivity index (χ2n) is 5.30. The van der Waals surface area contributed by atoms with Crippen LogP contribution in [0.25, 0.3) is 0 Å².